The van der Waals surface area contributed by atoms with Gasteiger partial charge in [0.25, 0.3) is 23.6 Å². The van der Waals surface area contributed by atoms with Gasteiger partial charge in [0.05, 0.1) is 0 Å². The Morgan fingerprint density at radius 2 is 0.925 bits per heavy atom. The number of aryl methyl sites for hydroxylation is 1. The average Bonchev–Trinajstić information content (AvgIpc) is 2.96. The number of amides is 4. The summed E-state index contributed by atoms with van der Waals surface area (Å²) in [7, 11) is 1.77. The van der Waals surface area contributed by atoms with Crippen molar-refractivity contribution in [1.82, 2.24) is 21.3 Å². The summed E-state index contributed by atoms with van der Waals surface area (Å²) >= 11 is 0. The van der Waals surface area contributed by atoms with E-state index in [4.69, 9.17) is 0 Å². The highest BCUT2D eigenvalue weighted by Gasteiger charge is 2.16. The van der Waals surface area contributed by atoms with Gasteiger partial charge in [-0.1, -0.05) is 58.4 Å². The van der Waals surface area contributed by atoms with E-state index in [-0.39, 0.29) is 23.6 Å². The lowest BCUT2D eigenvalue weighted by atomic mass is 10.1. The van der Waals surface area contributed by atoms with Crippen molar-refractivity contribution >= 4 is 23.6 Å². The molecule has 40 heavy (non-hydrogen) atoms. The fourth-order valence-electron chi connectivity index (χ4n) is 4.18. The van der Waals surface area contributed by atoms with E-state index in [2.05, 4.69) is 35.1 Å². The number of benzene rings is 1. The van der Waals surface area contributed by atoms with Gasteiger partial charge in [-0.05, 0) is 43.5 Å². The zero-order chi connectivity index (χ0) is 29.2. The number of unbranched alkanes of at least 4 members (excludes halogenated alkanes) is 6. The highest BCUT2D eigenvalue weighted by Crippen LogP contribution is 2.07. The molecule has 1 aromatic carbocycles. The number of pyridine rings is 1. The summed E-state index contributed by atoms with van der Waals surface area (Å²) in [6.07, 6.45) is 12.5. The lowest BCUT2D eigenvalue weighted by Gasteiger charge is -2.09. The highest BCUT2D eigenvalue weighted by molar-refractivity contribution is 6.00. The van der Waals surface area contributed by atoms with Crippen LogP contribution in [0.15, 0.2) is 42.7 Å². The van der Waals surface area contributed by atoms with E-state index in [1.807, 2.05) is 0 Å². The fourth-order valence-corrected chi connectivity index (χ4v) is 4.18. The molecule has 9 nitrogen and oxygen atoms in total. The number of rotatable bonds is 18. The second-order valence-corrected chi connectivity index (χ2v) is 10.1. The minimum Gasteiger partial charge on any atom is -0.352 e. The number of carbonyl (C=O) groups excluding carboxylic acids is 4. The van der Waals surface area contributed by atoms with Crippen LogP contribution in [-0.2, 0) is 7.05 Å². The average molecular weight is 553 g/mol. The van der Waals surface area contributed by atoms with Crippen molar-refractivity contribution in [2.24, 2.45) is 7.05 Å². The third-order valence-electron chi connectivity index (χ3n) is 6.46. The number of aromatic nitrogens is 1. The Balaban J connectivity index is 1.75. The van der Waals surface area contributed by atoms with Crippen LogP contribution in [0.3, 0.4) is 0 Å². The van der Waals surface area contributed by atoms with Crippen LogP contribution in [0.2, 0.25) is 0 Å². The molecule has 0 atom stereocenters. The summed E-state index contributed by atoms with van der Waals surface area (Å²) in [6.45, 7) is 6.24. The largest absolute Gasteiger partial charge is 0.352 e. The van der Waals surface area contributed by atoms with E-state index in [9.17, 15) is 19.2 Å². The maximum Gasteiger partial charge on any atom is 0.257 e. The van der Waals surface area contributed by atoms with E-state index in [1.54, 1.807) is 54.3 Å². The second kappa shape index (κ2) is 18.5. The standard InChI is InChI=1S/C31H45N5O4/c1-4-6-8-10-16-32-28(37)24-14-12-15-25(20-24)29(38)34-18-13-19-35-31(40)27-21-26(22-36(3)23-27)30(39)33-17-11-9-7-5-2/h12,14-15,20-23H,4-11,13,16-19H2,1-3H3,(H3-,32,33,34,35,37,38,39,40)/p+1. The monoisotopic (exact) mass is 552 g/mol. The Hall–Kier alpha value is -3.75. The smallest absolute Gasteiger partial charge is 0.257 e. The predicted molar refractivity (Wildman–Crippen MR) is 156 cm³/mol. The molecule has 4 amide bonds. The Morgan fingerprint density at radius 1 is 0.550 bits per heavy atom. The van der Waals surface area contributed by atoms with Crippen LogP contribution < -0.4 is 25.8 Å². The Morgan fingerprint density at radius 3 is 1.35 bits per heavy atom. The van der Waals surface area contributed by atoms with Gasteiger partial charge in [0.15, 0.2) is 12.4 Å². The van der Waals surface area contributed by atoms with Crippen molar-refractivity contribution in [1.29, 1.82) is 0 Å². The molecule has 4 N–H and O–H groups in total. The van der Waals surface area contributed by atoms with E-state index < -0.39 is 0 Å². The molecule has 0 bridgehead atoms. The predicted octanol–water partition coefficient (Wildman–Crippen LogP) is 3.68. The van der Waals surface area contributed by atoms with Gasteiger partial charge in [0, 0.05) is 37.3 Å². The van der Waals surface area contributed by atoms with Crippen molar-refractivity contribution in [3.8, 4) is 0 Å². The summed E-state index contributed by atoms with van der Waals surface area (Å²) in [4.78, 5) is 50.1. The van der Waals surface area contributed by atoms with Crippen molar-refractivity contribution < 1.29 is 23.7 Å². The van der Waals surface area contributed by atoms with E-state index in [0.29, 0.717) is 54.9 Å². The number of nitrogens with one attached hydrogen (secondary N) is 4. The maximum absolute atomic E-state index is 12.7. The summed E-state index contributed by atoms with van der Waals surface area (Å²) in [5.74, 6) is -0.939. The van der Waals surface area contributed by atoms with Crippen molar-refractivity contribution in [2.45, 2.75) is 71.6 Å². The molecule has 1 heterocycles. The minimum absolute atomic E-state index is 0.184. The van der Waals surface area contributed by atoms with Gasteiger partial charge in [-0.15, -0.1) is 0 Å². The van der Waals surface area contributed by atoms with E-state index in [0.717, 1.165) is 51.4 Å². The van der Waals surface area contributed by atoms with Gasteiger partial charge < -0.3 is 21.3 Å². The van der Waals surface area contributed by atoms with Gasteiger partial charge in [0.2, 0.25) is 0 Å². The normalized spacial score (nSPS) is 10.6. The fraction of sp³-hybridized carbons (Fsp3) is 0.516. The lowest BCUT2D eigenvalue weighted by molar-refractivity contribution is -0.671. The first kappa shape index (κ1) is 32.5. The quantitative estimate of drug-likeness (QED) is 0.167. The van der Waals surface area contributed by atoms with Crippen molar-refractivity contribution in [3.05, 3.63) is 65.0 Å². The van der Waals surface area contributed by atoms with Crippen molar-refractivity contribution in [3.63, 3.8) is 0 Å². The van der Waals surface area contributed by atoms with E-state index >= 15 is 0 Å². The lowest BCUT2D eigenvalue weighted by Crippen LogP contribution is -2.35. The molecule has 2 rings (SSSR count). The maximum atomic E-state index is 12.7. The number of hydrogen-bond donors (Lipinski definition) is 4. The van der Waals surface area contributed by atoms with E-state index in [1.165, 1.54) is 0 Å². The van der Waals surface area contributed by atoms with Crippen LogP contribution in [-0.4, -0.2) is 49.8 Å². The molecule has 0 saturated heterocycles. The first-order valence-electron chi connectivity index (χ1n) is 14.6. The molecular formula is C31H46N5O4+. The highest BCUT2D eigenvalue weighted by atomic mass is 16.2. The molecule has 0 fully saturated rings. The summed E-state index contributed by atoms with van der Waals surface area (Å²) in [5, 5.41) is 11.5. The molecule has 9 heteroatoms. The molecule has 0 aliphatic carbocycles. The molecule has 0 unspecified atom stereocenters. The topological polar surface area (TPSA) is 120 Å². The van der Waals surface area contributed by atoms with Gasteiger partial charge in [-0.2, -0.15) is 0 Å². The second-order valence-electron chi connectivity index (χ2n) is 10.1. The Labute approximate surface area is 238 Å². The third-order valence-corrected chi connectivity index (χ3v) is 6.46. The van der Waals surface area contributed by atoms with Crippen LogP contribution in [0, 0.1) is 0 Å². The molecule has 1 aromatic heterocycles. The van der Waals surface area contributed by atoms with Gasteiger partial charge in [0.1, 0.15) is 18.2 Å². The van der Waals surface area contributed by atoms with Gasteiger partial charge >= 0.3 is 0 Å². The SMILES string of the molecule is CCCCCCNC(=O)c1cccc(C(=O)NCCCNC(=O)c2cc(C(=O)NCCCCCC)c[n+](C)c2)c1. The number of carbonyl (C=O) groups is 4. The summed E-state index contributed by atoms with van der Waals surface area (Å²) in [6, 6.07) is 8.24. The summed E-state index contributed by atoms with van der Waals surface area (Å²) in [5.41, 5.74) is 1.70. The molecule has 0 spiro atoms. The van der Waals surface area contributed by atoms with Crippen LogP contribution in [0.1, 0.15) is 113 Å². The third kappa shape index (κ3) is 12.0. The number of nitrogens with zero attached hydrogens (tertiary/aromatic N) is 1. The van der Waals surface area contributed by atoms with Crippen LogP contribution in [0.4, 0.5) is 0 Å². The first-order chi connectivity index (χ1) is 19.3. The summed E-state index contributed by atoms with van der Waals surface area (Å²) < 4.78 is 1.70. The molecule has 0 saturated carbocycles. The minimum atomic E-state index is -0.284. The van der Waals surface area contributed by atoms with Crippen LogP contribution >= 0.6 is 0 Å². The Kier molecular flexibility index (Phi) is 15.0. The zero-order valence-electron chi connectivity index (χ0n) is 24.3. The van der Waals surface area contributed by atoms with Gasteiger partial charge in [-0.3, -0.25) is 19.2 Å². The molecule has 2 aromatic rings. The molecule has 0 aliphatic heterocycles. The molecule has 218 valence electrons. The zero-order valence-corrected chi connectivity index (χ0v) is 24.3. The van der Waals surface area contributed by atoms with Gasteiger partial charge in [-0.25, -0.2) is 4.57 Å². The van der Waals surface area contributed by atoms with Crippen LogP contribution in [0.25, 0.3) is 0 Å². The molecule has 0 aliphatic rings. The molecular weight excluding hydrogens is 506 g/mol. The molecule has 0 radical (unpaired) electrons. The van der Waals surface area contributed by atoms with Crippen molar-refractivity contribution in [2.75, 3.05) is 26.2 Å². The first-order valence-corrected chi connectivity index (χ1v) is 14.6. The van der Waals surface area contributed by atoms with Crippen LogP contribution in [0.5, 0.6) is 0 Å². The Bertz CT molecular complexity index is 1120. The number of hydrogen-bond acceptors (Lipinski definition) is 4.